The monoisotopic (exact) mass is 355 g/mol. The lowest BCUT2D eigenvalue weighted by atomic mass is 10.2. The fourth-order valence-electron chi connectivity index (χ4n) is 2.71. The van der Waals surface area contributed by atoms with Gasteiger partial charge >= 0.3 is 0 Å². The maximum absolute atomic E-state index is 12.7. The van der Waals surface area contributed by atoms with E-state index in [1.807, 2.05) is 56.3 Å². The van der Waals surface area contributed by atoms with E-state index in [9.17, 15) is 8.42 Å². The average molecular weight is 355 g/mol. The van der Waals surface area contributed by atoms with Crippen LogP contribution in [0.4, 0.5) is 5.69 Å². The molecule has 1 heterocycles. The van der Waals surface area contributed by atoms with E-state index in [1.54, 1.807) is 23.7 Å². The van der Waals surface area contributed by atoms with Crippen LogP contribution in [0.3, 0.4) is 0 Å². The second-order valence-electron chi connectivity index (χ2n) is 5.90. The largest absolute Gasteiger partial charge is 0.276 e. The topological polar surface area (TPSA) is 64.0 Å². The fraction of sp³-hybridized carbons (Fsp3) is 0.211. The van der Waals surface area contributed by atoms with Crippen molar-refractivity contribution in [3.8, 4) is 5.69 Å². The Hall–Kier alpha value is -2.60. The number of anilines is 1. The van der Waals surface area contributed by atoms with Gasteiger partial charge in [0, 0.05) is 0 Å². The van der Waals surface area contributed by atoms with Crippen molar-refractivity contribution in [2.24, 2.45) is 0 Å². The van der Waals surface area contributed by atoms with Gasteiger partial charge < -0.3 is 0 Å². The Morgan fingerprint density at radius 3 is 2.24 bits per heavy atom. The molecule has 130 valence electrons. The molecule has 0 saturated heterocycles. The van der Waals surface area contributed by atoms with Gasteiger partial charge in [-0.1, -0.05) is 37.3 Å². The Morgan fingerprint density at radius 1 is 1.00 bits per heavy atom. The molecule has 3 rings (SSSR count). The molecule has 5 nitrogen and oxygen atoms in total. The Kier molecular flexibility index (Phi) is 4.63. The van der Waals surface area contributed by atoms with Gasteiger partial charge in [0.25, 0.3) is 10.0 Å². The van der Waals surface area contributed by atoms with Crippen molar-refractivity contribution < 1.29 is 8.42 Å². The first kappa shape index (κ1) is 17.2. The highest BCUT2D eigenvalue weighted by atomic mass is 32.2. The molecule has 0 aliphatic rings. The van der Waals surface area contributed by atoms with E-state index in [4.69, 9.17) is 0 Å². The van der Waals surface area contributed by atoms with E-state index in [0.29, 0.717) is 11.4 Å². The van der Waals surface area contributed by atoms with Gasteiger partial charge in [-0.3, -0.25) is 4.72 Å². The number of sulfonamides is 1. The summed E-state index contributed by atoms with van der Waals surface area (Å²) in [6.07, 6.45) is 0.871. The van der Waals surface area contributed by atoms with Crippen LogP contribution in [-0.2, 0) is 16.4 Å². The van der Waals surface area contributed by atoms with Crippen molar-refractivity contribution >= 4 is 15.7 Å². The number of benzene rings is 2. The summed E-state index contributed by atoms with van der Waals surface area (Å²) in [4.78, 5) is 0.246. The molecule has 0 amide bonds. The molecule has 0 aliphatic heterocycles. The fourth-order valence-corrected chi connectivity index (χ4v) is 3.88. The molecule has 0 aliphatic carbocycles. The minimum Gasteiger partial charge on any atom is -0.276 e. The van der Waals surface area contributed by atoms with E-state index in [1.165, 1.54) is 0 Å². The molecule has 1 N–H and O–H groups in total. The van der Waals surface area contributed by atoms with Crippen LogP contribution in [0.1, 0.15) is 23.9 Å². The Labute approximate surface area is 148 Å². The number of rotatable bonds is 5. The quantitative estimate of drug-likeness (QED) is 0.756. The van der Waals surface area contributed by atoms with Crippen molar-refractivity contribution in [1.29, 1.82) is 0 Å². The van der Waals surface area contributed by atoms with Gasteiger partial charge in [0.15, 0.2) is 0 Å². The van der Waals surface area contributed by atoms with Crippen molar-refractivity contribution in [3.63, 3.8) is 0 Å². The van der Waals surface area contributed by atoms with Crippen LogP contribution in [0.15, 0.2) is 59.5 Å². The van der Waals surface area contributed by atoms with Crippen molar-refractivity contribution in [2.45, 2.75) is 32.1 Å². The zero-order valence-corrected chi connectivity index (χ0v) is 15.3. The van der Waals surface area contributed by atoms with E-state index in [-0.39, 0.29) is 4.90 Å². The van der Waals surface area contributed by atoms with E-state index in [0.717, 1.165) is 23.4 Å². The molecule has 6 heteroatoms. The molecular weight excluding hydrogens is 334 g/mol. The van der Waals surface area contributed by atoms with Gasteiger partial charge in [0.1, 0.15) is 0 Å². The van der Waals surface area contributed by atoms with Crippen LogP contribution in [0.25, 0.3) is 5.69 Å². The minimum atomic E-state index is -3.66. The zero-order valence-electron chi connectivity index (χ0n) is 14.5. The predicted molar refractivity (Wildman–Crippen MR) is 99.7 cm³/mol. The second-order valence-corrected chi connectivity index (χ2v) is 7.58. The molecule has 0 radical (unpaired) electrons. The van der Waals surface area contributed by atoms with Crippen LogP contribution in [0, 0.1) is 13.8 Å². The zero-order chi connectivity index (χ0) is 18.0. The van der Waals surface area contributed by atoms with Crippen LogP contribution in [-0.4, -0.2) is 18.2 Å². The molecule has 3 aromatic rings. The number of aromatic nitrogens is 2. The minimum absolute atomic E-state index is 0.246. The summed E-state index contributed by atoms with van der Waals surface area (Å²) in [5.74, 6) is 0. The van der Waals surface area contributed by atoms with Crippen molar-refractivity contribution in [1.82, 2.24) is 9.78 Å². The van der Waals surface area contributed by atoms with Gasteiger partial charge in [-0.15, -0.1) is 0 Å². The lowest BCUT2D eigenvalue weighted by molar-refractivity contribution is 0.601. The second kappa shape index (κ2) is 6.72. The summed E-state index contributed by atoms with van der Waals surface area (Å²) >= 11 is 0. The van der Waals surface area contributed by atoms with E-state index < -0.39 is 10.0 Å². The first-order chi connectivity index (χ1) is 11.9. The number of aryl methyl sites for hydroxylation is 2. The predicted octanol–water partition coefficient (Wildman–Crippen LogP) is 3.85. The number of nitrogens with one attached hydrogen (secondary N) is 1. The first-order valence-electron chi connectivity index (χ1n) is 8.16. The summed E-state index contributed by atoms with van der Waals surface area (Å²) in [7, 11) is -3.66. The van der Waals surface area contributed by atoms with Gasteiger partial charge in [0.2, 0.25) is 0 Å². The summed E-state index contributed by atoms with van der Waals surface area (Å²) in [6.45, 7) is 5.68. The molecule has 0 saturated carbocycles. The maximum atomic E-state index is 12.7. The van der Waals surface area contributed by atoms with Crippen LogP contribution in [0.2, 0.25) is 0 Å². The summed E-state index contributed by atoms with van der Waals surface area (Å²) in [5.41, 5.74) is 3.89. The van der Waals surface area contributed by atoms with Crippen molar-refractivity contribution in [3.05, 3.63) is 71.5 Å². The van der Waals surface area contributed by atoms with E-state index >= 15 is 0 Å². The SMILES string of the molecule is CCc1ccc(S(=O)(=O)Nc2c(C)nn(-c3ccccc3)c2C)cc1. The Bertz CT molecular complexity index is 976. The molecule has 0 atom stereocenters. The van der Waals surface area contributed by atoms with Crippen LogP contribution >= 0.6 is 0 Å². The van der Waals surface area contributed by atoms with Gasteiger partial charge in [-0.2, -0.15) is 5.10 Å². The van der Waals surface area contributed by atoms with Crippen LogP contribution in [0.5, 0.6) is 0 Å². The lowest BCUT2D eigenvalue weighted by Gasteiger charge is -2.09. The molecule has 25 heavy (non-hydrogen) atoms. The van der Waals surface area contributed by atoms with Crippen molar-refractivity contribution in [2.75, 3.05) is 4.72 Å². The molecule has 0 spiro atoms. The molecule has 0 unspecified atom stereocenters. The maximum Gasteiger partial charge on any atom is 0.262 e. The Balaban J connectivity index is 1.96. The lowest BCUT2D eigenvalue weighted by Crippen LogP contribution is -2.14. The normalized spacial score (nSPS) is 11.5. The number of hydrogen-bond acceptors (Lipinski definition) is 3. The third-order valence-electron chi connectivity index (χ3n) is 4.17. The van der Waals surface area contributed by atoms with E-state index in [2.05, 4.69) is 9.82 Å². The number of hydrogen-bond donors (Lipinski definition) is 1. The van der Waals surface area contributed by atoms with Gasteiger partial charge in [0.05, 0.1) is 27.7 Å². The third kappa shape index (κ3) is 3.44. The number of para-hydroxylation sites is 1. The standard InChI is InChI=1S/C19H21N3O2S/c1-4-16-10-12-18(13-11-16)25(23,24)21-19-14(2)20-22(15(19)3)17-8-6-5-7-9-17/h5-13,21H,4H2,1-3H3. The Morgan fingerprint density at radius 2 is 1.64 bits per heavy atom. The molecule has 2 aromatic carbocycles. The smallest absolute Gasteiger partial charge is 0.262 e. The molecule has 0 fully saturated rings. The van der Waals surface area contributed by atoms with Gasteiger partial charge in [-0.25, -0.2) is 13.1 Å². The highest BCUT2D eigenvalue weighted by molar-refractivity contribution is 7.92. The van der Waals surface area contributed by atoms with Gasteiger partial charge in [-0.05, 0) is 50.1 Å². The molecule has 0 bridgehead atoms. The average Bonchev–Trinajstić information content (AvgIpc) is 2.90. The van der Waals surface area contributed by atoms with Crippen LogP contribution < -0.4 is 4.72 Å². The molecule has 1 aromatic heterocycles. The molecular formula is C19H21N3O2S. The third-order valence-corrected chi connectivity index (χ3v) is 5.54. The summed E-state index contributed by atoms with van der Waals surface area (Å²) < 4.78 is 29.8. The summed E-state index contributed by atoms with van der Waals surface area (Å²) in [5, 5.41) is 4.48. The summed E-state index contributed by atoms with van der Waals surface area (Å²) in [6, 6.07) is 16.6. The highest BCUT2D eigenvalue weighted by Gasteiger charge is 2.20. The highest BCUT2D eigenvalue weighted by Crippen LogP contribution is 2.25. The first-order valence-corrected chi connectivity index (χ1v) is 9.64. The number of nitrogens with zero attached hydrogens (tertiary/aromatic N) is 2.